The Balaban J connectivity index is 1.66. The van der Waals surface area contributed by atoms with Gasteiger partial charge in [0.15, 0.2) is 0 Å². The molecule has 0 radical (unpaired) electrons. The van der Waals surface area contributed by atoms with Gasteiger partial charge in [0.2, 0.25) is 0 Å². The number of fused-ring (bicyclic) bond motifs is 5. The quantitative estimate of drug-likeness (QED) is 0.538. The van der Waals surface area contributed by atoms with Crippen LogP contribution >= 0.6 is 0 Å². The molecule has 0 bridgehead atoms. The first kappa shape index (κ1) is 16.5. The van der Waals surface area contributed by atoms with Crippen molar-refractivity contribution in [2.45, 2.75) is 13.0 Å². The van der Waals surface area contributed by atoms with Gasteiger partial charge in [-0.15, -0.1) is 0 Å². The van der Waals surface area contributed by atoms with Crippen molar-refractivity contribution in [3.63, 3.8) is 0 Å². The lowest BCUT2D eigenvalue weighted by Crippen LogP contribution is -2.22. The lowest BCUT2D eigenvalue weighted by Gasteiger charge is -2.19. The minimum atomic E-state index is -0.580. The van der Waals surface area contributed by atoms with E-state index in [1.165, 1.54) is 12.1 Å². The molecule has 0 saturated carbocycles. The molecule has 28 heavy (non-hydrogen) atoms. The highest BCUT2D eigenvalue weighted by Crippen LogP contribution is 2.34. The van der Waals surface area contributed by atoms with Crippen molar-refractivity contribution in [2.75, 3.05) is 5.32 Å². The number of rotatable bonds is 2. The maximum atomic E-state index is 13.9. The number of aryl methyl sites for hydroxylation is 1. The Labute approximate surface area is 159 Å². The Morgan fingerprint density at radius 1 is 1.07 bits per heavy atom. The molecule has 1 aliphatic rings. The van der Waals surface area contributed by atoms with Crippen LogP contribution in [0.4, 0.5) is 10.1 Å². The van der Waals surface area contributed by atoms with E-state index in [9.17, 15) is 14.3 Å². The number of benzene rings is 3. The highest BCUT2D eigenvalue weighted by atomic mass is 19.1. The van der Waals surface area contributed by atoms with Crippen molar-refractivity contribution in [1.82, 2.24) is 9.55 Å². The molecule has 4 aromatic rings. The normalized spacial score (nSPS) is 13.8. The maximum Gasteiger partial charge on any atom is 0.262 e. The van der Waals surface area contributed by atoms with E-state index in [1.54, 1.807) is 12.1 Å². The molecule has 1 aliphatic heterocycles. The third kappa shape index (κ3) is 2.45. The number of halogens is 1. The van der Waals surface area contributed by atoms with Crippen molar-refractivity contribution in [3.8, 4) is 0 Å². The first-order valence-corrected chi connectivity index (χ1v) is 9.00. The van der Waals surface area contributed by atoms with Crippen LogP contribution in [0.3, 0.4) is 0 Å². The molecule has 0 spiro atoms. The molecular weight excluding hydrogens is 357 g/mol. The lowest BCUT2D eigenvalue weighted by atomic mass is 10.1. The van der Waals surface area contributed by atoms with Crippen LogP contribution in [0.1, 0.15) is 12.2 Å². The number of aliphatic hydroxyl groups excluding tert-OH is 1. The average Bonchev–Trinajstić information content (AvgIpc) is 3.08. The van der Waals surface area contributed by atoms with E-state index < -0.39 is 11.7 Å². The molecule has 0 aliphatic carbocycles. The molecule has 1 aromatic heterocycles. The van der Waals surface area contributed by atoms with Crippen LogP contribution in [-0.4, -0.2) is 20.6 Å². The summed E-state index contributed by atoms with van der Waals surface area (Å²) in [5.74, 6) is -0.765. The van der Waals surface area contributed by atoms with Gasteiger partial charge in [-0.05, 0) is 23.6 Å². The smallest absolute Gasteiger partial charge is 0.262 e. The van der Waals surface area contributed by atoms with Crippen LogP contribution in [0.15, 0.2) is 66.4 Å². The Morgan fingerprint density at radius 2 is 1.86 bits per heavy atom. The zero-order valence-electron chi connectivity index (χ0n) is 14.8. The van der Waals surface area contributed by atoms with Crippen molar-refractivity contribution >= 4 is 39.0 Å². The van der Waals surface area contributed by atoms with Gasteiger partial charge in [0.25, 0.3) is 5.91 Å². The summed E-state index contributed by atoms with van der Waals surface area (Å²) in [6.07, 6.45) is 0.307. The van der Waals surface area contributed by atoms with Crippen molar-refractivity contribution in [3.05, 3.63) is 78.1 Å². The molecule has 0 fully saturated rings. The second-order valence-electron chi connectivity index (χ2n) is 6.75. The fourth-order valence-electron chi connectivity index (χ4n) is 3.76. The average molecular weight is 373 g/mol. The Bertz CT molecular complexity index is 1290. The molecule has 0 atom stereocenters. The van der Waals surface area contributed by atoms with Gasteiger partial charge in [0.05, 0.1) is 16.7 Å². The van der Waals surface area contributed by atoms with Crippen LogP contribution < -0.4 is 5.32 Å². The molecule has 6 heteroatoms. The number of aliphatic hydroxyl groups is 1. The van der Waals surface area contributed by atoms with E-state index in [0.717, 1.165) is 21.8 Å². The van der Waals surface area contributed by atoms with Gasteiger partial charge in [0, 0.05) is 18.4 Å². The lowest BCUT2D eigenvalue weighted by molar-refractivity contribution is -0.111. The topological polar surface area (TPSA) is 67.2 Å². The summed E-state index contributed by atoms with van der Waals surface area (Å²) >= 11 is 0. The highest BCUT2D eigenvalue weighted by Gasteiger charge is 2.29. The molecule has 2 N–H and O–H groups in total. The second kappa shape index (κ2) is 6.20. The first-order valence-electron chi connectivity index (χ1n) is 9.00. The maximum absolute atomic E-state index is 13.9. The SMILES string of the molecule is O=C(Nc1ccccc1F)C1=C(O)CCn2c1nc1ccc3ccccc3c12. The summed E-state index contributed by atoms with van der Waals surface area (Å²) < 4.78 is 15.9. The summed E-state index contributed by atoms with van der Waals surface area (Å²) in [7, 11) is 0. The number of amides is 1. The number of para-hydroxylation sites is 1. The van der Waals surface area contributed by atoms with Crippen molar-refractivity contribution < 1.29 is 14.3 Å². The van der Waals surface area contributed by atoms with E-state index in [0.29, 0.717) is 18.8 Å². The van der Waals surface area contributed by atoms with Crippen LogP contribution in [0.25, 0.3) is 27.4 Å². The van der Waals surface area contributed by atoms with Gasteiger partial charge in [0.1, 0.15) is 23.0 Å². The summed E-state index contributed by atoms with van der Waals surface area (Å²) in [5, 5.41) is 15.1. The number of imidazole rings is 1. The third-order valence-electron chi connectivity index (χ3n) is 5.06. The van der Waals surface area contributed by atoms with Crippen LogP contribution in [0, 0.1) is 5.82 Å². The molecule has 0 unspecified atom stereocenters. The number of anilines is 1. The fraction of sp³-hybridized carbons (Fsp3) is 0.0909. The van der Waals surface area contributed by atoms with Crippen LogP contribution in [0.5, 0.6) is 0 Å². The molecule has 1 amide bonds. The van der Waals surface area contributed by atoms with Gasteiger partial charge >= 0.3 is 0 Å². The Kier molecular flexibility index (Phi) is 3.65. The minimum absolute atomic E-state index is 0.0408. The zero-order chi connectivity index (χ0) is 19.3. The standard InChI is InChI=1S/C22H16FN3O2/c23-15-7-3-4-8-16(15)25-22(28)19-18(27)11-12-26-20-14-6-2-1-5-13(14)9-10-17(20)24-21(19)26/h1-10,27H,11-12H2,(H,25,28). The van der Waals surface area contributed by atoms with Gasteiger partial charge < -0.3 is 15.0 Å². The van der Waals surface area contributed by atoms with E-state index in [1.807, 2.05) is 41.0 Å². The molecular formula is C22H16FN3O2. The molecule has 2 heterocycles. The Hall–Kier alpha value is -3.67. The number of carbonyl (C=O) groups excluding carboxylic acids is 1. The first-order chi connectivity index (χ1) is 13.6. The predicted molar refractivity (Wildman–Crippen MR) is 106 cm³/mol. The number of carbonyl (C=O) groups is 1. The van der Waals surface area contributed by atoms with Gasteiger partial charge in [-0.3, -0.25) is 4.79 Å². The predicted octanol–water partition coefficient (Wildman–Crippen LogP) is 4.64. The van der Waals surface area contributed by atoms with Crippen molar-refractivity contribution in [1.29, 1.82) is 0 Å². The van der Waals surface area contributed by atoms with E-state index in [2.05, 4.69) is 10.3 Å². The number of nitrogens with one attached hydrogen (secondary N) is 1. The largest absolute Gasteiger partial charge is 0.511 e. The molecule has 138 valence electrons. The summed E-state index contributed by atoms with van der Waals surface area (Å²) in [4.78, 5) is 17.5. The van der Waals surface area contributed by atoms with Crippen LogP contribution in [-0.2, 0) is 11.3 Å². The molecule has 5 rings (SSSR count). The molecule has 3 aromatic carbocycles. The van der Waals surface area contributed by atoms with E-state index >= 15 is 0 Å². The fourth-order valence-corrected chi connectivity index (χ4v) is 3.76. The number of allylic oxidation sites excluding steroid dienone is 1. The third-order valence-corrected chi connectivity index (χ3v) is 5.06. The summed E-state index contributed by atoms with van der Waals surface area (Å²) in [5.41, 5.74) is 1.82. The van der Waals surface area contributed by atoms with Crippen LogP contribution in [0.2, 0.25) is 0 Å². The number of aromatic nitrogens is 2. The van der Waals surface area contributed by atoms with Gasteiger partial charge in [-0.25, -0.2) is 9.37 Å². The second-order valence-corrected chi connectivity index (χ2v) is 6.75. The number of hydrogen-bond acceptors (Lipinski definition) is 3. The zero-order valence-corrected chi connectivity index (χ0v) is 14.8. The Morgan fingerprint density at radius 3 is 2.71 bits per heavy atom. The number of hydrogen-bond donors (Lipinski definition) is 2. The molecule has 0 saturated heterocycles. The van der Waals surface area contributed by atoms with E-state index in [-0.39, 0.29) is 17.0 Å². The van der Waals surface area contributed by atoms with Crippen molar-refractivity contribution in [2.24, 2.45) is 0 Å². The highest BCUT2D eigenvalue weighted by molar-refractivity contribution is 6.25. The molecule has 5 nitrogen and oxygen atoms in total. The number of nitrogens with zero attached hydrogens (tertiary/aromatic N) is 2. The van der Waals surface area contributed by atoms with E-state index in [4.69, 9.17) is 0 Å². The minimum Gasteiger partial charge on any atom is -0.511 e. The van der Waals surface area contributed by atoms with Gasteiger partial charge in [-0.2, -0.15) is 0 Å². The summed E-state index contributed by atoms with van der Waals surface area (Å²) in [6, 6.07) is 17.8. The monoisotopic (exact) mass is 373 g/mol. The van der Waals surface area contributed by atoms with Gasteiger partial charge in [-0.1, -0.05) is 42.5 Å². The summed E-state index contributed by atoms with van der Waals surface area (Å²) in [6.45, 7) is 0.516.